The van der Waals surface area contributed by atoms with Crippen molar-refractivity contribution < 1.29 is 14.3 Å². The number of benzene rings is 2. The van der Waals surface area contributed by atoms with E-state index in [2.05, 4.69) is 10.3 Å². The lowest BCUT2D eigenvalue weighted by molar-refractivity contribution is -0.121. The van der Waals surface area contributed by atoms with Gasteiger partial charge >= 0.3 is 0 Å². The van der Waals surface area contributed by atoms with Crippen LogP contribution in [0.1, 0.15) is 39.6 Å². The molecule has 1 aliphatic heterocycles. The molecule has 30 heavy (non-hydrogen) atoms. The Morgan fingerprint density at radius 3 is 2.70 bits per heavy atom. The number of amides is 2. The number of methoxy groups -OCH3 is 1. The lowest BCUT2D eigenvalue weighted by atomic mass is 10.1. The van der Waals surface area contributed by atoms with Crippen molar-refractivity contribution >= 4 is 17.5 Å². The predicted octanol–water partition coefficient (Wildman–Crippen LogP) is 3.81. The van der Waals surface area contributed by atoms with Gasteiger partial charge in [-0.15, -0.1) is 0 Å². The summed E-state index contributed by atoms with van der Waals surface area (Å²) in [6.07, 6.45) is 1.79. The Labute approximate surface area is 175 Å². The minimum atomic E-state index is -0.443. The van der Waals surface area contributed by atoms with Crippen molar-refractivity contribution in [2.45, 2.75) is 25.9 Å². The number of fused-ring (bicyclic) bond motifs is 1. The van der Waals surface area contributed by atoms with Crippen LogP contribution >= 0.6 is 0 Å². The summed E-state index contributed by atoms with van der Waals surface area (Å²) >= 11 is 0. The predicted molar refractivity (Wildman–Crippen MR) is 114 cm³/mol. The number of aryl methyl sites for hydroxylation is 1. The largest absolute Gasteiger partial charge is 0.497 e. The van der Waals surface area contributed by atoms with E-state index in [1.807, 2.05) is 55.5 Å². The molecule has 0 radical (unpaired) electrons. The number of pyridine rings is 1. The van der Waals surface area contributed by atoms with E-state index in [1.165, 1.54) is 0 Å². The first-order chi connectivity index (χ1) is 14.6. The fourth-order valence-electron chi connectivity index (χ4n) is 3.68. The molecule has 3 aromatic rings. The van der Waals surface area contributed by atoms with Gasteiger partial charge in [0, 0.05) is 18.4 Å². The van der Waals surface area contributed by atoms with Gasteiger partial charge in [-0.3, -0.25) is 19.5 Å². The number of hydrogen-bond acceptors (Lipinski definition) is 4. The zero-order valence-corrected chi connectivity index (χ0v) is 17.0. The summed E-state index contributed by atoms with van der Waals surface area (Å²) in [5, 5.41) is 2.94. The molecule has 0 bridgehead atoms. The van der Waals surface area contributed by atoms with Crippen molar-refractivity contribution in [1.82, 2.24) is 10.3 Å². The molecule has 2 heterocycles. The second-order valence-electron chi connectivity index (χ2n) is 7.30. The Morgan fingerprint density at radius 2 is 1.93 bits per heavy atom. The number of nitrogens with one attached hydrogen (secondary N) is 1. The van der Waals surface area contributed by atoms with E-state index in [-0.39, 0.29) is 18.2 Å². The monoisotopic (exact) mass is 401 g/mol. The van der Waals surface area contributed by atoms with E-state index >= 15 is 0 Å². The molecule has 0 fully saturated rings. The first-order valence-electron chi connectivity index (χ1n) is 9.81. The number of nitrogens with zero attached hydrogens (tertiary/aromatic N) is 2. The van der Waals surface area contributed by atoms with Crippen molar-refractivity contribution in [1.29, 1.82) is 0 Å². The molecular weight excluding hydrogens is 378 g/mol. The summed E-state index contributed by atoms with van der Waals surface area (Å²) in [4.78, 5) is 31.9. The quantitative estimate of drug-likeness (QED) is 0.682. The Hall–Kier alpha value is -3.67. The first-order valence-corrected chi connectivity index (χ1v) is 9.81. The zero-order chi connectivity index (χ0) is 21.1. The summed E-state index contributed by atoms with van der Waals surface area (Å²) in [7, 11) is 1.61. The van der Waals surface area contributed by atoms with Gasteiger partial charge in [-0.1, -0.05) is 29.8 Å². The number of anilines is 1. The summed E-state index contributed by atoms with van der Waals surface area (Å²) in [6.45, 7) is 2.38. The third-order valence-electron chi connectivity index (χ3n) is 5.23. The number of carbonyl (C=O) groups is 2. The maximum absolute atomic E-state index is 13.1. The summed E-state index contributed by atoms with van der Waals surface area (Å²) in [5.41, 5.74) is 3.99. The van der Waals surface area contributed by atoms with Gasteiger partial charge in [0.1, 0.15) is 5.75 Å². The standard InChI is InChI=1S/C24H23N3O3/c1-16-8-10-18(11-9-16)27-21(23-20(24(27)29)7-4-12-25-23)14-22(28)26-15-17-5-3-6-19(13-17)30-2/h3-13,21H,14-15H2,1-2H3,(H,26,28)/t21-/m0/s1. The first kappa shape index (κ1) is 19.6. The second-order valence-corrected chi connectivity index (χ2v) is 7.30. The fourth-order valence-corrected chi connectivity index (χ4v) is 3.68. The second kappa shape index (κ2) is 8.37. The number of carbonyl (C=O) groups excluding carboxylic acids is 2. The van der Waals surface area contributed by atoms with Crippen LogP contribution in [0.4, 0.5) is 5.69 Å². The highest BCUT2D eigenvalue weighted by Gasteiger charge is 2.39. The Balaban J connectivity index is 1.54. The molecule has 0 unspecified atom stereocenters. The number of ether oxygens (including phenoxy) is 1. The molecule has 0 saturated heterocycles. The maximum Gasteiger partial charge on any atom is 0.260 e. The van der Waals surface area contributed by atoms with Crippen LogP contribution in [0, 0.1) is 6.92 Å². The highest BCUT2D eigenvalue weighted by atomic mass is 16.5. The van der Waals surface area contributed by atoms with Gasteiger partial charge in [0.2, 0.25) is 5.91 Å². The minimum Gasteiger partial charge on any atom is -0.497 e. The Morgan fingerprint density at radius 1 is 1.13 bits per heavy atom. The molecule has 1 aromatic heterocycles. The van der Waals surface area contributed by atoms with Crippen molar-refractivity contribution in [3.8, 4) is 5.75 Å². The Kier molecular flexibility index (Phi) is 5.48. The van der Waals surface area contributed by atoms with Crippen LogP contribution < -0.4 is 15.0 Å². The molecule has 1 aliphatic rings. The minimum absolute atomic E-state index is 0.132. The van der Waals surface area contributed by atoms with Gasteiger partial charge in [-0.2, -0.15) is 0 Å². The molecule has 1 N–H and O–H groups in total. The van der Waals surface area contributed by atoms with E-state index in [0.717, 1.165) is 22.6 Å². The van der Waals surface area contributed by atoms with Crippen molar-refractivity contribution in [3.05, 3.63) is 89.2 Å². The van der Waals surface area contributed by atoms with E-state index < -0.39 is 6.04 Å². The lowest BCUT2D eigenvalue weighted by Crippen LogP contribution is -2.33. The van der Waals surface area contributed by atoms with Crippen LogP contribution in [0.2, 0.25) is 0 Å². The lowest BCUT2D eigenvalue weighted by Gasteiger charge is -2.24. The van der Waals surface area contributed by atoms with Gasteiger partial charge in [0.05, 0.1) is 30.8 Å². The molecule has 0 spiro atoms. The van der Waals surface area contributed by atoms with Gasteiger partial charge in [-0.05, 0) is 48.9 Å². The molecule has 152 valence electrons. The topological polar surface area (TPSA) is 71.5 Å². The van der Waals surface area contributed by atoms with Crippen molar-refractivity contribution in [2.75, 3.05) is 12.0 Å². The van der Waals surface area contributed by atoms with E-state index in [1.54, 1.807) is 30.3 Å². The van der Waals surface area contributed by atoms with Crippen LogP contribution in [-0.4, -0.2) is 23.9 Å². The molecule has 0 saturated carbocycles. The third-order valence-corrected chi connectivity index (χ3v) is 5.23. The van der Waals surface area contributed by atoms with Crippen LogP contribution in [0.5, 0.6) is 5.75 Å². The molecular formula is C24H23N3O3. The van der Waals surface area contributed by atoms with Gasteiger partial charge in [0.25, 0.3) is 5.91 Å². The molecule has 6 nitrogen and oxygen atoms in total. The van der Waals surface area contributed by atoms with E-state index in [0.29, 0.717) is 17.8 Å². The highest BCUT2D eigenvalue weighted by Crippen LogP contribution is 2.38. The maximum atomic E-state index is 13.1. The zero-order valence-electron chi connectivity index (χ0n) is 17.0. The number of rotatable bonds is 6. The van der Waals surface area contributed by atoms with Crippen LogP contribution in [0.25, 0.3) is 0 Å². The molecule has 4 rings (SSSR count). The third kappa shape index (κ3) is 3.89. The fraction of sp³-hybridized carbons (Fsp3) is 0.208. The van der Waals surface area contributed by atoms with Crippen LogP contribution in [0.3, 0.4) is 0 Å². The van der Waals surface area contributed by atoms with E-state index in [4.69, 9.17) is 4.74 Å². The summed E-state index contributed by atoms with van der Waals surface area (Å²) in [6, 6.07) is 18.3. The molecule has 6 heteroatoms. The van der Waals surface area contributed by atoms with E-state index in [9.17, 15) is 9.59 Å². The molecule has 2 amide bonds. The van der Waals surface area contributed by atoms with Gasteiger partial charge in [0.15, 0.2) is 0 Å². The summed E-state index contributed by atoms with van der Waals surface area (Å²) in [5.74, 6) is 0.464. The number of hydrogen-bond donors (Lipinski definition) is 1. The van der Waals surface area contributed by atoms with Gasteiger partial charge < -0.3 is 10.1 Å². The van der Waals surface area contributed by atoms with Crippen LogP contribution in [-0.2, 0) is 11.3 Å². The smallest absolute Gasteiger partial charge is 0.260 e. The average Bonchev–Trinajstić information content (AvgIpc) is 3.05. The van der Waals surface area contributed by atoms with Crippen molar-refractivity contribution in [3.63, 3.8) is 0 Å². The normalized spacial score (nSPS) is 15.1. The van der Waals surface area contributed by atoms with Crippen molar-refractivity contribution in [2.24, 2.45) is 0 Å². The summed E-state index contributed by atoms with van der Waals surface area (Å²) < 4.78 is 5.23. The molecule has 2 aromatic carbocycles. The number of aromatic nitrogens is 1. The van der Waals surface area contributed by atoms with Gasteiger partial charge in [-0.25, -0.2) is 0 Å². The van der Waals surface area contributed by atoms with Crippen LogP contribution in [0.15, 0.2) is 66.9 Å². The SMILES string of the molecule is COc1cccc(CNC(=O)C[C@H]2c3ncccc3C(=O)N2c2ccc(C)cc2)c1. The Bertz CT molecular complexity index is 1080. The molecule has 1 atom stereocenters. The average molecular weight is 401 g/mol. The highest BCUT2D eigenvalue weighted by molar-refractivity contribution is 6.11. The molecule has 0 aliphatic carbocycles.